The summed E-state index contributed by atoms with van der Waals surface area (Å²) in [6, 6.07) is 9.77. The Morgan fingerprint density at radius 3 is 2.29 bits per heavy atom. The van der Waals surface area contributed by atoms with E-state index >= 15 is 0 Å². The highest BCUT2D eigenvalue weighted by atomic mass is 15.1. The lowest BCUT2D eigenvalue weighted by Crippen LogP contribution is -2.40. The van der Waals surface area contributed by atoms with E-state index in [1.165, 1.54) is 17.7 Å². The number of hydrogen-bond donors (Lipinski definition) is 1. The van der Waals surface area contributed by atoms with Gasteiger partial charge in [0.1, 0.15) is 0 Å². The Kier molecular flexibility index (Phi) is 6.73. The van der Waals surface area contributed by atoms with Crippen LogP contribution in [0.3, 0.4) is 0 Å². The number of nitrogens with zero attached hydrogens (tertiary/aromatic N) is 1. The lowest BCUT2D eigenvalue weighted by molar-refractivity contribution is 0.329. The van der Waals surface area contributed by atoms with Gasteiger partial charge in [0.2, 0.25) is 0 Å². The molecule has 0 heterocycles. The molecule has 1 rings (SSSR count). The van der Waals surface area contributed by atoms with Crippen molar-refractivity contribution in [1.82, 2.24) is 5.32 Å². The molecule has 0 aromatic heterocycles. The maximum Gasteiger partial charge on any atom is 0.0414 e. The van der Waals surface area contributed by atoms with E-state index in [0.29, 0.717) is 12.1 Å². The van der Waals surface area contributed by atoms with E-state index in [-0.39, 0.29) is 5.41 Å². The maximum absolute atomic E-state index is 3.68. The molecule has 0 amide bonds. The van der Waals surface area contributed by atoms with E-state index < -0.39 is 0 Å². The molecule has 0 saturated carbocycles. The van der Waals surface area contributed by atoms with Crippen molar-refractivity contribution in [3.63, 3.8) is 0 Å². The summed E-state index contributed by atoms with van der Waals surface area (Å²) >= 11 is 0. The SMILES string of the molecule is CCCNC(CC)c1ccccc1N(C)C(C)C(C)(C)C. The van der Waals surface area contributed by atoms with Crippen LogP contribution in [0, 0.1) is 5.41 Å². The Morgan fingerprint density at radius 2 is 1.76 bits per heavy atom. The van der Waals surface area contributed by atoms with E-state index in [4.69, 9.17) is 0 Å². The molecular formula is C19H34N2. The van der Waals surface area contributed by atoms with Gasteiger partial charge in [-0.1, -0.05) is 52.8 Å². The summed E-state index contributed by atoms with van der Waals surface area (Å²) in [6.45, 7) is 14.8. The smallest absolute Gasteiger partial charge is 0.0414 e. The van der Waals surface area contributed by atoms with Crippen LogP contribution in [0.2, 0.25) is 0 Å². The monoisotopic (exact) mass is 290 g/mol. The van der Waals surface area contributed by atoms with E-state index in [0.717, 1.165) is 13.0 Å². The van der Waals surface area contributed by atoms with E-state index in [2.05, 4.69) is 83.1 Å². The Bertz CT molecular complexity index is 420. The highest BCUT2D eigenvalue weighted by molar-refractivity contribution is 5.55. The van der Waals surface area contributed by atoms with Gasteiger partial charge in [-0.05, 0) is 43.4 Å². The molecule has 1 aromatic rings. The molecular weight excluding hydrogens is 256 g/mol. The molecule has 1 N–H and O–H groups in total. The first-order valence-electron chi connectivity index (χ1n) is 8.38. The Balaban J connectivity index is 3.08. The average Bonchev–Trinajstić information content (AvgIpc) is 2.46. The van der Waals surface area contributed by atoms with Crippen LogP contribution in [0.1, 0.15) is 66.0 Å². The maximum atomic E-state index is 3.68. The number of anilines is 1. The second kappa shape index (κ2) is 7.84. The molecule has 120 valence electrons. The number of benzene rings is 1. The number of para-hydroxylation sites is 1. The van der Waals surface area contributed by atoms with Crippen molar-refractivity contribution in [2.75, 3.05) is 18.5 Å². The molecule has 0 saturated heterocycles. The van der Waals surface area contributed by atoms with Crippen molar-refractivity contribution in [3.8, 4) is 0 Å². The first-order valence-corrected chi connectivity index (χ1v) is 8.38. The van der Waals surface area contributed by atoms with Crippen LogP contribution in [-0.4, -0.2) is 19.6 Å². The fraction of sp³-hybridized carbons (Fsp3) is 0.684. The Hall–Kier alpha value is -1.02. The first kappa shape index (κ1) is 18.0. The van der Waals surface area contributed by atoms with Crippen molar-refractivity contribution < 1.29 is 0 Å². The van der Waals surface area contributed by atoms with Gasteiger partial charge in [0.25, 0.3) is 0 Å². The van der Waals surface area contributed by atoms with Crippen LogP contribution >= 0.6 is 0 Å². The van der Waals surface area contributed by atoms with Gasteiger partial charge in [-0.15, -0.1) is 0 Å². The first-order chi connectivity index (χ1) is 9.82. The molecule has 0 spiro atoms. The second-order valence-electron chi connectivity index (χ2n) is 7.13. The fourth-order valence-corrected chi connectivity index (χ4v) is 2.69. The van der Waals surface area contributed by atoms with Crippen LogP contribution < -0.4 is 10.2 Å². The zero-order valence-electron chi connectivity index (χ0n) is 15.0. The summed E-state index contributed by atoms with van der Waals surface area (Å²) in [5.74, 6) is 0. The summed E-state index contributed by atoms with van der Waals surface area (Å²) in [6.07, 6.45) is 2.29. The minimum atomic E-state index is 0.264. The van der Waals surface area contributed by atoms with E-state index in [1.807, 2.05) is 0 Å². The third-order valence-electron chi connectivity index (χ3n) is 4.58. The van der Waals surface area contributed by atoms with Crippen molar-refractivity contribution in [3.05, 3.63) is 29.8 Å². The van der Waals surface area contributed by atoms with Crippen molar-refractivity contribution in [2.45, 2.75) is 66.5 Å². The fourth-order valence-electron chi connectivity index (χ4n) is 2.69. The molecule has 2 atom stereocenters. The molecule has 2 nitrogen and oxygen atoms in total. The van der Waals surface area contributed by atoms with Gasteiger partial charge in [-0.3, -0.25) is 0 Å². The highest BCUT2D eigenvalue weighted by Crippen LogP contribution is 2.33. The quantitative estimate of drug-likeness (QED) is 0.759. The Labute approximate surface area is 131 Å². The zero-order chi connectivity index (χ0) is 16.0. The second-order valence-corrected chi connectivity index (χ2v) is 7.13. The standard InChI is InChI=1S/C19H34N2/c1-8-14-20-17(9-2)16-12-10-11-13-18(16)21(7)15(3)19(4,5)6/h10-13,15,17,20H,8-9,14H2,1-7H3. The van der Waals surface area contributed by atoms with Crippen LogP contribution in [0.5, 0.6) is 0 Å². The lowest BCUT2D eigenvalue weighted by atomic mass is 9.86. The summed E-state index contributed by atoms with van der Waals surface area (Å²) in [4.78, 5) is 2.44. The van der Waals surface area contributed by atoms with E-state index in [1.54, 1.807) is 0 Å². The summed E-state index contributed by atoms with van der Waals surface area (Å²) < 4.78 is 0. The van der Waals surface area contributed by atoms with Gasteiger partial charge in [0, 0.05) is 24.8 Å². The third kappa shape index (κ3) is 4.74. The average molecular weight is 290 g/mol. The lowest BCUT2D eigenvalue weighted by Gasteiger charge is -2.38. The van der Waals surface area contributed by atoms with E-state index in [9.17, 15) is 0 Å². The van der Waals surface area contributed by atoms with Crippen molar-refractivity contribution >= 4 is 5.69 Å². The molecule has 0 aliphatic heterocycles. The van der Waals surface area contributed by atoms with Gasteiger partial charge >= 0.3 is 0 Å². The number of rotatable bonds is 7. The summed E-state index contributed by atoms with van der Waals surface area (Å²) in [7, 11) is 2.22. The summed E-state index contributed by atoms with van der Waals surface area (Å²) in [5, 5.41) is 3.68. The van der Waals surface area contributed by atoms with Crippen LogP contribution in [0.15, 0.2) is 24.3 Å². The largest absolute Gasteiger partial charge is 0.371 e. The molecule has 0 radical (unpaired) electrons. The normalized spacial score (nSPS) is 14.8. The van der Waals surface area contributed by atoms with Gasteiger partial charge in [0.05, 0.1) is 0 Å². The number of nitrogens with one attached hydrogen (secondary N) is 1. The topological polar surface area (TPSA) is 15.3 Å². The molecule has 0 fully saturated rings. The molecule has 2 heteroatoms. The molecule has 0 bridgehead atoms. The molecule has 2 unspecified atom stereocenters. The minimum Gasteiger partial charge on any atom is -0.371 e. The van der Waals surface area contributed by atoms with Gasteiger partial charge < -0.3 is 10.2 Å². The van der Waals surface area contributed by atoms with Gasteiger partial charge in [0.15, 0.2) is 0 Å². The van der Waals surface area contributed by atoms with Gasteiger partial charge in [-0.2, -0.15) is 0 Å². The van der Waals surface area contributed by atoms with Gasteiger partial charge in [-0.25, -0.2) is 0 Å². The van der Waals surface area contributed by atoms with Crippen LogP contribution in [0.4, 0.5) is 5.69 Å². The van der Waals surface area contributed by atoms with Crippen molar-refractivity contribution in [2.24, 2.45) is 5.41 Å². The zero-order valence-corrected chi connectivity index (χ0v) is 15.0. The van der Waals surface area contributed by atoms with Crippen LogP contribution in [-0.2, 0) is 0 Å². The Morgan fingerprint density at radius 1 is 1.14 bits per heavy atom. The molecule has 21 heavy (non-hydrogen) atoms. The predicted molar refractivity (Wildman–Crippen MR) is 95.1 cm³/mol. The van der Waals surface area contributed by atoms with Crippen molar-refractivity contribution in [1.29, 1.82) is 0 Å². The third-order valence-corrected chi connectivity index (χ3v) is 4.58. The predicted octanol–water partition coefficient (Wildman–Crippen LogP) is 5.01. The highest BCUT2D eigenvalue weighted by Gasteiger charge is 2.26. The summed E-state index contributed by atoms with van der Waals surface area (Å²) in [5.41, 5.74) is 3.04. The molecule has 0 aliphatic rings. The minimum absolute atomic E-state index is 0.264. The molecule has 1 aromatic carbocycles. The van der Waals surface area contributed by atoms with Crippen LogP contribution in [0.25, 0.3) is 0 Å². The number of hydrogen-bond acceptors (Lipinski definition) is 2. The molecule has 0 aliphatic carbocycles.